The number of rotatable bonds is 3. The molecule has 0 amide bonds. The minimum atomic E-state index is 0.0126. The van der Waals surface area contributed by atoms with Crippen LogP contribution in [-0.4, -0.2) is 4.57 Å². The zero-order valence-corrected chi connectivity index (χ0v) is 9.04. The van der Waals surface area contributed by atoms with Crippen LogP contribution >= 0.6 is 11.3 Å². The normalized spacial score (nSPS) is 10.1. The molecule has 0 radical (unpaired) electrons. The van der Waals surface area contributed by atoms with E-state index in [4.69, 9.17) is 0 Å². The van der Waals surface area contributed by atoms with Gasteiger partial charge in [0, 0.05) is 23.6 Å². The number of allylic oxidation sites excluding steroid dienone is 1. The van der Waals surface area contributed by atoms with Gasteiger partial charge in [-0.3, -0.25) is 4.79 Å². The van der Waals surface area contributed by atoms with E-state index in [1.54, 1.807) is 34.1 Å². The predicted octanol–water partition coefficient (Wildman–Crippen LogP) is 2.76. The zero-order valence-electron chi connectivity index (χ0n) is 8.22. The molecule has 3 heteroatoms. The summed E-state index contributed by atoms with van der Waals surface area (Å²) in [5.41, 5.74) is 2.04. The maximum absolute atomic E-state index is 11.6. The van der Waals surface area contributed by atoms with Crippen molar-refractivity contribution in [1.29, 1.82) is 0 Å². The largest absolute Gasteiger partial charge is 0.304 e. The average molecular weight is 217 g/mol. The quantitative estimate of drug-likeness (QED) is 0.725. The molecule has 2 rings (SSSR count). The van der Waals surface area contributed by atoms with Crippen molar-refractivity contribution in [2.45, 2.75) is 6.54 Å². The van der Waals surface area contributed by atoms with Crippen molar-refractivity contribution in [3.8, 4) is 11.3 Å². The van der Waals surface area contributed by atoms with Gasteiger partial charge in [0.2, 0.25) is 0 Å². The molecule has 0 saturated heterocycles. The Morgan fingerprint density at radius 1 is 1.40 bits per heavy atom. The fourth-order valence-electron chi connectivity index (χ4n) is 1.50. The van der Waals surface area contributed by atoms with Gasteiger partial charge in [0.1, 0.15) is 0 Å². The van der Waals surface area contributed by atoms with Crippen LogP contribution in [0.4, 0.5) is 0 Å². The first-order valence-electron chi connectivity index (χ1n) is 4.66. The lowest BCUT2D eigenvalue weighted by atomic mass is 10.2. The number of aromatic nitrogens is 1. The third-order valence-corrected chi connectivity index (χ3v) is 2.86. The predicted molar refractivity (Wildman–Crippen MR) is 64.2 cm³/mol. The van der Waals surface area contributed by atoms with Gasteiger partial charge in [-0.2, -0.15) is 11.3 Å². The minimum Gasteiger partial charge on any atom is -0.304 e. The van der Waals surface area contributed by atoms with Crippen LogP contribution in [0, 0.1) is 0 Å². The Hall–Kier alpha value is -1.61. The number of nitrogens with zero attached hydrogens (tertiary/aromatic N) is 1. The first kappa shape index (κ1) is 9.93. The Labute approximate surface area is 92.1 Å². The molecule has 0 aliphatic heterocycles. The van der Waals surface area contributed by atoms with Crippen LogP contribution in [0.1, 0.15) is 0 Å². The molecule has 0 spiro atoms. The van der Waals surface area contributed by atoms with Crippen molar-refractivity contribution in [2.75, 3.05) is 0 Å². The molecule has 0 unspecified atom stereocenters. The second-order valence-electron chi connectivity index (χ2n) is 3.16. The van der Waals surface area contributed by atoms with Crippen LogP contribution in [-0.2, 0) is 6.54 Å². The fraction of sp³-hybridized carbons (Fsp3) is 0.0833. The minimum absolute atomic E-state index is 0.0126. The van der Waals surface area contributed by atoms with E-state index in [0.29, 0.717) is 6.54 Å². The van der Waals surface area contributed by atoms with Crippen LogP contribution in [0.2, 0.25) is 0 Å². The highest BCUT2D eigenvalue weighted by Crippen LogP contribution is 2.20. The summed E-state index contributed by atoms with van der Waals surface area (Å²) >= 11 is 1.63. The van der Waals surface area contributed by atoms with Crippen LogP contribution < -0.4 is 5.56 Å². The van der Waals surface area contributed by atoms with E-state index in [-0.39, 0.29) is 5.56 Å². The third kappa shape index (κ3) is 1.92. The van der Waals surface area contributed by atoms with E-state index in [2.05, 4.69) is 6.58 Å². The molecule has 0 saturated carbocycles. The van der Waals surface area contributed by atoms with Gasteiger partial charge in [0.25, 0.3) is 5.56 Å². The number of hydrogen-bond donors (Lipinski definition) is 0. The van der Waals surface area contributed by atoms with Crippen molar-refractivity contribution in [1.82, 2.24) is 4.57 Å². The molecule has 0 aromatic carbocycles. The summed E-state index contributed by atoms with van der Waals surface area (Å²) in [6.07, 6.45) is 1.73. The number of pyridine rings is 1. The standard InChI is InChI=1S/C12H11NOS/c1-2-7-13-11(4-3-5-12(13)14)10-6-8-15-9-10/h2-6,8-9H,1,7H2. The average Bonchev–Trinajstić information content (AvgIpc) is 2.74. The molecule has 15 heavy (non-hydrogen) atoms. The summed E-state index contributed by atoms with van der Waals surface area (Å²) < 4.78 is 1.72. The molecule has 0 atom stereocenters. The monoisotopic (exact) mass is 217 g/mol. The smallest absolute Gasteiger partial charge is 0.251 e. The molecule has 0 bridgehead atoms. The SMILES string of the molecule is C=CCn1c(-c2ccsc2)cccc1=O. The zero-order chi connectivity index (χ0) is 10.7. The van der Waals surface area contributed by atoms with E-state index in [9.17, 15) is 4.79 Å². The van der Waals surface area contributed by atoms with E-state index in [0.717, 1.165) is 11.3 Å². The molecule has 2 aromatic rings. The van der Waals surface area contributed by atoms with Crippen LogP contribution in [0.3, 0.4) is 0 Å². The Morgan fingerprint density at radius 3 is 2.93 bits per heavy atom. The first-order valence-corrected chi connectivity index (χ1v) is 5.60. The number of hydrogen-bond acceptors (Lipinski definition) is 2. The van der Waals surface area contributed by atoms with Gasteiger partial charge in [-0.05, 0) is 17.5 Å². The molecule has 2 heterocycles. The van der Waals surface area contributed by atoms with Crippen LogP contribution in [0.25, 0.3) is 11.3 Å². The summed E-state index contributed by atoms with van der Waals surface area (Å²) in [5.74, 6) is 0. The molecule has 2 nitrogen and oxygen atoms in total. The first-order chi connectivity index (χ1) is 7.33. The van der Waals surface area contributed by atoms with Gasteiger partial charge < -0.3 is 4.57 Å². The van der Waals surface area contributed by atoms with Crippen molar-refractivity contribution >= 4 is 11.3 Å². The molecule has 0 aliphatic carbocycles. The summed E-state index contributed by atoms with van der Waals surface area (Å²) in [6.45, 7) is 4.21. The van der Waals surface area contributed by atoms with E-state index >= 15 is 0 Å². The molecule has 0 fully saturated rings. The van der Waals surface area contributed by atoms with E-state index < -0.39 is 0 Å². The van der Waals surface area contributed by atoms with Gasteiger partial charge in [-0.1, -0.05) is 12.1 Å². The molecular weight excluding hydrogens is 206 g/mol. The van der Waals surface area contributed by atoms with E-state index in [1.165, 1.54) is 0 Å². The maximum atomic E-state index is 11.6. The Morgan fingerprint density at radius 2 is 2.27 bits per heavy atom. The maximum Gasteiger partial charge on any atom is 0.251 e. The van der Waals surface area contributed by atoms with Gasteiger partial charge >= 0.3 is 0 Å². The third-order valence-electron chi connectivity index (χ3n) is 2.18. The topological polar surface area (TPSA) is 22.0 Å². The second-order valence-corrected chi connectivity index (χ2v) is 3.94. The molecule has 2 aromatic heterocycles. The molecular formula is C12H11NOS. The Kier molecular flexibility index (Phi) is 2.83. The van der Waals surface area contributed by atoms with Gasteiger partial charge in [-0.15, -0.1) is 6.58 Å². The van der Waals surface area contributed by atoms with Crippen LogP contribution in [0.15, 0.2) is 52.5 Å². The number of thiophene rings is 1. The summed E-state index contributed by atoms with van der Waals surface area (Å²) in [6, 6.07) is 7.32. The van der Waals surface area contributed by atoms with Crippen molar-refractivity contribution in [3.05, 3.63) is 58.0 Å². The fourth-order valence-corrected chi connectivity index (χ4v) is 2.15. The Balaban J connectivity index is 2.60. The van der Waals surface area contributed by atoms with Gasteiger partial charge in [0.15, 0.2) is 0 Å². The summed E-state index contributed by atoms with van der Waals surface area (Å²) in [4.78, 5) is 11.6. The van der Waals surface area contributed by atoms with Gasteiger partial charge in [-0.25, -0.2) is 0 Å². The molecule has 0 N–H and O–H groups in total. The highest BCUT2D eigenvalue weighted by molar-refractivity contribution is 7.08. The lowest BCUT2D eigenvalue weighted by molar-refractivity contribution is 0.790. The summed E-state index contributed by atoms with van der Waals surface area (Å²) in [5, 5.41) is 4.04. The second kappa shape index (κ2) is 4.28. The van der Waals surface area contributed by atoms with Crippen LogP contribution in [0.5, 0.6) is 0 Å². The summed E-state index contributed by atoms with van der Waals surface area (Å²) in [7, 11) is 0. The lowest BCUT2D eigenvalue weighted by Gasteiger charge is -2.08. The van der Waals surface area contributed by atoms with Crippen molar-refractivity contribution in [3.63, 3.8) is 0 Å². The molecule has 76 valence electrons. The highest BCUT2D eigenvalue weighted by atomic mass is 32.1. The van der Waals surface area contributed by atoms with E-state index in [1.807, 2.05) is 22.9 Å². The van der Waals surface area contributed by atoms with Crippen molar-refractivity contribution < 1.29 is 0 Å². The lowest BCUT2D eigenvalue weighted by Crippen LogP contribution is -2.19. The Bertz CT molecular complexity index is 511. The van der Waals surface area contributed by atoms with Crippen molar-refractivity contribution in [2.24, 2.45) is 0 Å². The highest BCUT2D eigenvalue weighted by Gasteiger charge is 2.04. The molecule has 0 aliphatic rings. The van der Waals surface area contributed by atoms with Gasteiger partial charge in [0.05, 0.1) is 5.69 Å².